The van der Waals surface area contributed by atoms with Crippen LogP contribution >= 0.6 is 0 Å². The van der Waals surface area contributed by atoms with Crippen molar-refractivity contribution in [3.05, 3.63) is 35.9 Å². The first-order chi connectivity index (χ1) is 5.95. The van der Waals surface area contributed by atoms with E-state index in [-0.39, 0.29) is 0 Å². The second kappa shape index (κ2) is 3.72. The predicted molar refractivity (Wildman–Crippen MR) is 49.1 cm³/mol. The van der Waals surface area contributed by atoms with Crippen LogP contribution in [-0.4, -0.2) is 12.7 Å². The van der Waals surface area contributed by atoms with Crippen molar-refractivity contribution in [1.82, 2.24) is 0 Å². The minimum absolute atomic E-state index is 0.591. The highest BCUT2D eigenvalue weighted by atomic mass is 16.6. The maximum absolute atomic E-state index is 5.15. The van der Waals surface area contributed by atoms with Gasteiger partial charge in [0.1, 0.15) is 0 Å². The highest BCUT2D eigenvalue weighted by Gasteiger charge is 2.20. The molecule has 1 aliphatic heterocycles. The minimum Gasteiger partial charge on any atom is -0.373 e. The van der Waals surface area contributed by atoms with Crippen LogP contribution in [0.4, 0.5) is 0 Å². The molecule has 0 aromatic heterocycles. The van der Waals surface area contributed by atoms with Gasteiger partial charge in [0.15, 0.2) is 0 Å². The Labute approximate surface area is 73.4 Å². The molecule has 2 rings (SSSR count). The van der Waals surface area contributed by atoms with Gasteiger partial charge >= 0.3 is 0 Å². The van der Waals surface area contributed by atoms with Crippen LogP contribution in [0, 0.1) is 0 Å². The van der Waals surface area contributed by atoms with Crippen LogP contribution in [-0.2, 0) is 11.2 Å². The van der Waals surface area contributed by atoms with Gasteiger partial charge < -0.3 is 4.74 Å². The average molecular weight is 162 g/mol. The van der Waals surface area contributed by atoms with Crippen molar-refractivity contribution in [1.29, 1.82) is 0 Å². The number of epoxide rings is 1. The summed E-state index contributed by atoms with van der Waals surface area (Å²) >= 11 is 0. The van der Waals surface area contributed by atoms with E-state index in [1.54, 1.807) is 0 Å². The maximum Gasteiger partial charge on any atom is 0.0810 e. The lowest BCUT2D eigenvalue weighted by atomic mass is 10.1. The van der Waals surface area contributed by atoms with Crippen LogP contribution in [0.2, 0.25) is 0 Å². The number of ether oxygens (including phenoxy) is 1. The van der Waals surface area contributed by atoms with E-state index in [1.165, 1.54) is 24.8 Å². The Morgan fingerprint density at radius 1 is 1.25 bits per heavy atom. The molecule has 0 aliphatic carbocycles. The van der Waals surface area contributed by atoms with Crippen molar-refractivity contribution >= 4 is 0 Å². The molecule has 1 aliphatic rings. The zero-order valence-corrected chi connectivity index (χ0v) is 7.20. The SMILES string of the molecule is c1ccc(CCC[C@@H]2CO2)cc1. The summed E-state index contributed by atoms with van der Waals surface area (Å²) in [5.74, 6) is 0. The van der Waals surface area contributed by atoms with Crippen molar-refractivity contribution in [3.63, 3.8) is 0 Å². The topological polar surface area (TPSA) is 12.5 Å². The summed E-state index contributed by atoms with van der Waals surface area (Å²) < 4.78 is 5.15. The molecule has 1 fully saturated rings. The standard InChI is InChI=1S/C11H14O/c1-2-5-10(6-3-1)7-4-8-11-9-12-11/h1-3,5-6,11H,4,7-9H2/t11-/m1/s1. The summed E-state index contributed by atoms with van der Waals surface area (Å²) in [5, 5.41) is 0. The van der Waals surface area contributed by atoms with Crippen LogP contribution in [0.3, 0.4) is 0 Å². The van der Waals surface area contributed by atoms with Crippen LogP contribution in [0.15, 0.2) is 30.3 Å². The van der Waals surface area contributed by atoms with Crippen LogP contribution < -0.4 is 0 Å². The van der Waals surface area contributed by atoms with Gasteiger partial charge in [0.25, 0.3) is 0 Å². The van der Waals surface area contributed by atoms with Gasteiger partial charge in [0.2, 0.25) is 0 Å². The lowest BCUT2D eigenvalue weighted by Crippen LogP contribution is -1.89. The Morgan fingerprint density at radius 3 is 2.67 bits per heavy atom. The first-order valence-electron chi connectivity index (χ1n) is 4.61. The third kappa shape index (κ3) is 2.35. The van der Waals surface area contributed by atoms with Crippen molar-refractivity contribution < 1.29 is 4.74 Å². The number of hydrogen-bond donors (Lipinski definition) is 0. The average Bonchev–Trinajstić information content (AvgIpc) is 2.90. The highest BCUT2D eigenvalue weighted by molar-refractivity contribution is 5.14. The minimum atomic E-state index is 0.591. The fraction of sp³-hybridized carbons (Fsp3) is 0.455. The molecule has 12 heavy (non-hydrogen) atoms. The molecule has 0 bridgehead atoms. The van der Waals surface area contributed by atoms with Crippen LogP contribution in [0.1, 0.15) is 18.4 Å². The van der Waals surface area contributed by atoms with Gasteiger partial charge in [-0.15, -0.1) is 0 Å². The van der Waals surface area contributed by atoms with E-state index < -0.39 is 0 Å². The first-order valence-corrected chi connectivity index (χ1v) is 4.61. The Balaban J connectivity index is 1.72. The summed E-state index contributed by atoms with van der Waals surface area (Å²) in [4.78, 5) is 0. The number of aryl methyl sites for hydroxylation is 1. The molecule has 0 radical (unpaired) electrons. The molecule has 1 nitrogen and oxygen atoms in total. The Morgan fingerprint density at radius 2 is 2.00 bits per heavy atom. The smallest absolute Gasteiger partial charge is 0.0810 e. The van der Waals surface area contributed by atoms with E-state index >= 15 is 0 Å². The Bertz CT molecular complexity index is 226. The quantitative estimate of drug-likeness (QED) is 0.619. The summed E-state index contributed by atoms with van der Waals surface area (Å²) in [7, 11) is 0. The second-order valence-corrected chi connectivity index (χ2v) is 3.33. The first kappa shape index (κ1) is 7.81. The fourth-order valence-electron chi connectivity index (χ4n) is 1.41. The summed E-state index contributed by atoms with van der Waals surface area (Å²) in [6.45, 7) is 0.995. The molecule has 0 unspecified atom stereocenters. The highest BCUT2D eigenvalue weighted by Crippen LogP contribution is 2.16. The normalized spacial score (nSPS) is 20.8. The molecule has 1 atom stereocenters. The Kier molecular flexibility index (Phi) is 2.42. The van der Waals surface area contributed by atoms with Gasteiger partial charge in [0.05, 0.1) is 12.7 Å². The monoisotopic (exact) mass is 162 g/mol. The van der Waals surface area contributed by atoms with Crippen LogP contribution in [0.5, 0.6) is 0 Å². The van der Waals surface area contributed by atoms with Gasteiger partial charge in [-0.3, -0.25) is 0 Å². The van der Waals surface area contributed by atoms with E-state index in [4.69, 9.17) is 4.74 Å². The zero-order chi connectivity index (χ0) is 8.23. The Hall–Kier alpha value is -0.820. The molecule has 0 saturated carbocycles. The van der Waals surface area contributed by atoms with Gasteiger partial charge in [-0.25, -0.2) is 0 Å². The molecule has 0 amide bonds. The zero-order valence-electron chi connectivity index (χ0n) is 7.20. The van der Waals surface area contributed by atoms with E-state index in [2.05, 4.69) is 30.3 Å². The van der Waals surface area contributed by atoms with Gasteiger partial charge in [-0.1, -0.05) is 30.3 Å². The summed E-state index contributed by atoms with van der Waals surface area (Å²) in [6.07, 6.45) is 4.28. The maximum atomic E-state index is 5.15. The molecule has 1 aromatic carbocycles. The summed E-state index contributed by atoms with van der Waals surface area (Å²) in [6, 6.07) is 10.6. The number of hydrogen-bond acceptors (Lipinski definition) is 1. The molecular weight excluding hydrogens is 148 g/mol. The number of rotatable bonds is 4. The molecular formula is C11H14O. The molecule has 1 saturated heterocycles. The summed E-state index contributed by atoms with van der Waals surface area (Å²) in [5.41, 5.74) is 1.44. The predicted octanol–water partition coefficient (Wildman–Crippen LogP) is 2.41. The van der Waals surface area contributed by atoms with E-state index in [0.717, 1.165) is 6.61 Å². The van der Waals surface area contributed by atoms with Crippen molar-refractivity contribution in [2.24, 2.45) is 0 Å². The van der Waals surface area contributed by atoms with Gasteiger partial charge in [0, 0.05) is 0 Å². The lowest BCUT2D eigenvalue weighted by Gasteiger charge is -1.98. The lowest BCUT2D eigenvalue weighted by molar-refractivity contribution is 0.392. The third-order valence-corrected chi connectivity index (χ3v) is 2.24. The number of benzene rings is 1. The molecule has 0 N–H and O–H groups in total. The van der Waals surface area contributed by atoms with Gasteiger partial charge in [-0.05, 0) is 24.8 Å². The molecule has 0 spiro atoms. The molecule has 1 aromatic rings. The van der Waals surface area contributed by atoms with E-state index in [1.807, 2.05) is 0 Å². The molecule has 64 valence electrons. The van der Waals surface area contributed by atoms with Crippen molar-refractivity contribution in [2.75, 3.05) is 6.61 Å². The molecule has 1 heteroatoms. The van der Waals surface area contributed by atoms with Gasteiger partial charge in [-0.2, -0.15) is 0 Å². The van der Waals surface area contributed by atoms with Crippen LogP contribution in [0.25, 0.3) is 0 Å². The van der Waals surface area contributed by atoms with E-state index in [0.29, 0.717) is 6.10 Å². The third-order valence-electron chi connectivity index (χ3n) is 2.24. The largest absolute Gasteiger partial charge is 0.373 e. The van der Waals surface area contributed by atoms with Crippen molar-refractivity contribution in [2.45, 2.75) is 25.4 Å². The fourth-order valence-corrected chi connectivity index (χ4v) is 1.41. The van der Waals surface area contributed by atoms with Crippen molar-refractivity contribution in [3.8, 4) is 0 Å². The second-order valence-electron chi connectivity index (χ2n) is 3.33. The molecule has 1 heterocycles. The van der Waals surface area contributed by atoms with E-state index in [9.17, 15) is 0 Å².